The van der Waals surface area contributed by atoms with E-state index < -0.39 is 34.2 Å². The summed E-state index contributed by atoms with van der Waals surface area (Å²) in [7, 11) is -10.4. The second-order valence-electron chi connectivity index (χ2n) is 19.5. The van der Waals surface area contributed by atoms with Crippen LogP contribution in [0.1, 0.15) is 96.3 Å². The Balaban J connectivity index is 0.887. The summed E-state index contributed by atoms with van der Waals surface area (Å²) in [5.41, 5.74) is 0. The smallest absolute Gasteiger partial charge is 0.317 e. The van der Waals surface area contributed by atoms with Crippen LogP contribution < -0.4 is 0 Å². The monoisotopic (exact) mass is 748 g/mol. The van der Waals surface area contributed by atoms with Crippen molar-refractivity contribution < 1.29 is 35.4 Å². The first-order valence-corrected chi connectivity index (χ1v) is 31.0. The second-order valence-corrected chi connectivity index (χ2v) is 33.8. The van der Waals surface area contributed by atoms with Crippen LogP contribution in [0, 0.1) is 35.5 Å². The van der Waals surface area contributed by atoms with Crippen molar-refractivity contribution in [3.05, 3.63) is 0 Å². The molecule has 12 heteroatoms. The highest BCUT2D eigenvalue weighted by atomic mass is 28.5. The second kappa shape index (κ2) is 12.5. The minimum Gasteiger partial charge on any atom is -0.416 e. The SMILES string of the molecule is C[Si]1(CCC2CCC3OC3C2)O[Si](C)(CCC2CCC3OC3C2)O[Si](C)(CCC2CC3CC2C2OC32)O[Si](C)(CCC2CCC3OC3C2)O1. The zero-order chi connectivity index (χ0) is 33.2. The van der Waals surface area contributed by atoms with Crippen LogP contribution in [0.25, 0.3) is 0 Å². The van der Waals surface area contributed by atoms with Crippen molar-refractivity contribution in [3.63, 3.8) is 0 Å². The molecule has 5 aliphatic heterocycles. The average molecular weight is 749 g/mol. The lowest BCUT2D eigenvalue weighted by Crippen LogP contribution is -2.67. The number of hydrogen-bond donors (Lipinski definition) is 0. The van der Waals surface area contributed by atoms with Gasteiger partial charge in [-0.15, -0.1) is 0 Å². The van der Waals surface area contributed by atoms with E-state index in [1.807, 2.05) is 0 Å². The summed E-state index contributed by atoms with van der Waals surface area (Å²) in [6, 6.07) is 4.24. The molecule has 0 radical (unpaired) electrons. The molecular weight excluding hydrogens is 685 g/mol. The summed E-state index contributed by atoms with van der Waals surface area (Å²) < 4.78 is 54.7. The van der Waals surface area contributed by atoms with E-state index in [0.717, 1.165) is 59.7 Å². The molecule has 0 aromatic carbocycles. The molecular formula is C37H64O8Si4. The predicted molar refractivity (Wildman–Crippen MR) is 195 cm³/mol. The summed E-state index contributed by atoms with van der Waals surface area (Å²) in [5.74, 6) is 4.54. The van der Waals surface area contributed by atoms with Crippen LogP contribution in [-0.4, -0.2) is 83.1 Å². The Labute approximate surface area is 299 Å². The average Bonchev–Trinajstić information content (AvgIpc) is 3.91. The van der Waals surface area contributed by atoms with E-state index in [9.17, 15) is 0 Å². The quantitative estimate of drug-likeness (QED) is 0.147. The molecule has 16 atom stereocenters. The molecule has 2 bridgehead atoms. The molecule has 10 rings (SSSR count). The topological polar surface area (TPSA) is 87.0 Å². The maximum absolute atomic E-state index is 7.71. The Morgan fingerprint density at radius 1 is 0.408 bits per heavy atom. The van der Waals surface area contributed by atoms with Crippen LogP contribution >= 0.6 is 0 Å². The van der Waals surface area contributed by atoms with Gasteiger partial charge in [0.2, 0.25) is 0 Å². The van der Waals surface area contributed by atoms with Crippen LogP contribution in [-0.2, 0) is 35.4 Å². The van der Waals surface area contributed by atoms with Gasteiger partial charge in [0, 0.05) is 0 Å². The van der Waals surface area contributed by atoms with Gasteiger partial charge in [-0.1, -0.05) is 0 Å². The number of epoxide rings is 4. The van der Waals surface area contributed by atoms with Gasteiger partial charge in [-0.05, 0) is 182 Å². The Morgan fingerprint density at radius 2 is 0.816 bits per heavy atom. The number of hydrogen-bond acceptors (Lipinski definition) is 8. The molecule has 5 aliphatic carbocycles. The molecule has 10 fully saturated rings. The van der Waals surface area contributed by atoms with Crippen LogP contribution in [0.15, 0.2) is 0 Å². The third-order valence-corrected chi connectivity index (χ3v) is 33.9. The number of fused-ring (bicyclic) bond motifs is 8. The number of rotatable bonds is 12. The molecule has 5 saturated carbocycles. The van der Waals surface area contributed by atoms with Crippen LogP contribution in [0.3, 0.4) is 0 Å². The van der Waals surface area contributed by atoms with Gasteiger partial charge in [0.15, 0.2) is 0 Å². The fourth-order valence-corrected chi connectivity index (χ4v) is 36.2. The molecule has 0 aromatic rings. The first kappa shape index (κ1) is 34.1. The molecule has 8 nitrogen and oxygen atoms in total. The minimum atomic E-state index is -2.61. The molecule has 5 saturated heterocycles. The molecule has 0 spiro atoms. The highest BCUT2D eigenvalue weighted by Gasteiger charge is 2.64. The Hall–Kier alpha value is 0.548. The summed E-state index contributed by atoms with van der Waals surface area (Å²) in [6.07, 6.45) is 23.2. The number of ether oxygens (including phenoxy) is 4. The Bertz CT molecular complexity index is 1210. The summed E-state index contributed by atoms with van der Waals surface area (Å²) in [6.45, 7) is 9.66. The van der Waals surface area contributed by atoms with E-state index in [1.54, 1.807) is 0 Å². The van der Waals surface area contributed by atoms with Crippen molar-refractivity contribution in [3.8, 4) is 0 Å². The van der Waals surface area contributed by atoms with Crippen molar-refractivity contribution >= 4 is 34.2 Å². The highest BCUT2D eigenvalue weighted by Crippen LogP contribution is 2.60. The molecule has 0 amide bonds. The van der Waals surface area contributed by atoms with Gasteiger partial charge < -0.3 is 35.4 Å². The van der Waals surface area contributed by atoms with Gasteiger partial charge >= 0.3 is 34.2 Å². The molecule has 0 aromatic heterocycles. The molecule has 16 unspecified atom stereocenters. The fourth-order valence-electron chi connectivity index (χ4n) is 12.5. The normalized spacial score (nSPS) is 58.0. The van der Waals surface area contributed by atoms with Crippen molar-refractivity contribution in [1.29, 1.82) is 0 Å². The molecule has 5 heterocycles. The van der Waals surface area contributed by atoms with Gasteiger partial charge in [0.05, 0.1) is 48.8 Å². The largest absolute Gasteiger partial charge is 0.416 e. The van der Waals surface area contributed by atoms with E-state index >= 15 is 0 Å². The first-order valence-electron chi connectivity index (χ1n) is 20.9. The van der Waals surface area contributed by atoms with Crippen molar-refractivity contribution in [2.45, 2.75) is 196 Å². The maximum atomic E-state index is 7.71. The molecule has 49 heavy (non-hydrogen) atoms. The van der Waals surface area contributed by atoms with E-state index in [2.05, 4.69) is 26.2 Å². The van der Waals surface area contributed by atoms with Gasteiger partial charge in [-0.25, -0.2) is 0 Å². The molecule has 10 aliphatic rings. The van der Waals surface area contributed by atoms with Gasteiger partial charge in [-0.3, -0.25) is 0 Å². The lowest BCUT2D eigenvalue weighted by Gasteiger charge is -2.51. The zero-order valence-corrected chi connectivity index (χ0v) is 34.8. The third kappa shape index (κ3) is 7.36. The lowest BCUT2D eigenvalue weighted by atomic mass is 9.87. The van der Waals surface area contributed by atoms with Crippen molar-refractivity contribution in [2.24, 2.45) is 35.5 Å². The molecule has 276 valence electrons. The Morgan fingerprint density at radius 3 is 1.18 bits per heavy atom. The molecule has 0 N–H and O–H groups in total. The highest BCUT2D eigenvalue weighted by molar-refractivity contribution is 6.93. The zero-order valence-electron chi connectivity index (χ0n) is 30.8. The predicted octanol–water partition coefficient (Wildman–Crippen LogP) is 8.04. The lowest BCUT2D eigenvalue weighted by molar-refractivity contribution is 0.209. The summed E-state index contributed by atoms with van der Waals surface area (Å²) in [4.78, 5) is 0. The van der Waals surface area contributed by atoms with Crippen molar-refractivity contribution in [2.75, 3.05) is 0 Å². The van der Waals surface area contributed by atoms with Crippen LogP contribution in [0.5, 0.6) is 0 Å². The standard InChI is InChI=1S/C37H64O8Si4/c1-46(15-11-24-5-8-30-33(19-24)38-30)42-47(2,16-12-25-6-9-31-34(20-25)39-31)44-49(4,18-14-27-22-28-23-29(27)37-36(28)41-37)45-48(3,43-46)17-13-26-7-10-32-35(21-26)40-32/h24-37H,5-23H2,1-4H3. The van der Waals surface area contributed by atoms with Crippen LogP contribution in [0.2, 0.25) is 50.4 Å². The van der Waals surface area contributed by atoms with E-state index in [4.69, 9.17) is 35.4 Å². The Kier molecular flexibility index (Phi) is 8.72. The van der Waals surface area contributed by atoms with Gasteiger partial charge in [0.25, 0.3) is 0 Å². The van der Waals surface area contributed by atoms with Gasteiger partial charge in [0.1, 0.15) is 0 Å². The summed E-state index contributed by atoms with van der Waals surface area (Å²) >= 11 is 0. The van der Waals surface area contributed by atoms with E-state index in [-0.39, 0.29) is 0 Å². The van der Waals surface area contributed by atoms with Crippen molar-refractivity contribution in [1.82, 2.24) is 0 Å². The van der Waals surface area contributed by atoms with E-state index in [0.29, 0.717) is 48.8 Å². The fraction of sp³-hybridized carbons (Fsp3) is 1.00. The summed E-state index contributed by atoms with van der Waals surface area (Å²) in [5, 5.41) is 0. The maximum Gasteiger partial charge on any atom is 0.317 e. The van der Waals surface area contributed by atoms with E-state index in [1.165, 1.54) is 96.3 Å². The first-order chi connectivity index (χ1) is 23.5. The van der Waals surface area contributed by atoms with Gasteiger partial charge in [-0.2, -0.15) is 0 Å². The minimum absolute atomic E-state index is 0.522. The third-order valence-electron chi connectivity index (χ3n) is 15.3. The van der Waals surface area contributed by atoms with Crippen LogP contribution in [0.4, 0.5) is 0 Å².